The Morgan fingerprint density at radius 2 is 2.24 bits per heavy atom. The number of aryl methyl sites for hydroxylation is 1. The van der Waals surface area contributed by atoms with E-state index in [9.17, 15) is 0 Å². The van der Waals surface area contributed by atoms with E-state index in [1.807, 2.05) is 17.9 Å². The molecule has 1 aliphatic rings. The Hall–Kier alpha value is -0.870. The van der Waals surface area contributed by atoms with E-state index in [1.165, 1.54) is 30.6 Å². The highest BCUT2D eigenvalue weighted by atomic mass is 15.3. The van der Waals surface area contributed by atoms with Gasteiger partial charge in [0.05, 0.1) is 6.20 Å². The molecule has 96 valence electrons. The van der Waals surface area contributed by atoms with Crippen molar-refractivity contribution in [2.75, 3.05) is 20.1 Å². The maximum Gasteiger partial charge on any atom is 0.0540 e. The van der Waals surface area contributed by atoms with Gasteiger partial charge in [-0.25, -0.2) is 0 Å². The molecule has 0 amide bonds. The fraction of sp³-hybridized carbons (Fsp3) is 0.769. The van der Waals surface area contributed by atoms with Crippen LogP contribution in [0.4, 0.5) is 0 Å². The summed E-state index contributed by atoms with van der Waals surface area (Å²) in [6.45, 7) is 6.76. The number of likely N-dealkylation sites (N-methyl/N-ethyl adjacent to an activating group) is 1. The van der Waals surface area contributed by atoms with Gasteiger partial charge in [-0.15, -0.1) is 0 Å². The largest absolute Gasteiger partial charge is 0.306 e. The standard InChI is InChI=1S/C13H24N4/c1-10(13-8-14-17(4)11(13)2)15-12-6-5-7-16(3)9-12/h8,10,12,15H,5-7,9H2,1-4H3. The Morgan fingerprint density at radius 1 is 1.47 bits per heavy atom. The first-order valence-corrected chi connectivity index (χ1v) is 6.51. The van der Waals surface area contributed by atoms with Crippen LogP contribution in [0.15, 0.2) is 6.20 Å². The highest BCUT2D eigenvalue weighted by Crippen LogP contribution is 2.18. The maximum absolute atomic E-state index is 4.31. The van der Waals surface area contributed by atoms with Crippen molar-refractivity contribution in [3.63, 3.8) is 0 Å². The minimum atomic E-state index is 0.389. The quantitative estimate of drug-likeness (QED) is 0.863. The lowest BCUT2D eigenvalue weighted by Gasteiger charge is -2.32. The molecule has 17 heavy (non-hydrogen) atoms. The fourth-order valence-electron chi connectivity index (χ4n) is 2.69. The topological polar surface area (TPSA) is 33.1 Å². The number of hydrogen-bond acceptors (Lipinski definition) is 3. The summed E-state index contributed by atoms with van der Waals surface area (Å²) in [6, 6.07) is 1.00. The molecule has 4 nitrogen and oxygen atoms in total. The third-order valence-electron chi connectivity index (χ3n) is 3.85. The Kier molecular flexibility index (Phi) is 3.84. The summed E-state index contributed by atoms with van der Waals surface area (Å²) in [7, 11) is 4.20. The molecule has 2 atom stereocenters. The van der Waals surface area contributed by atoms with Gasteiger partial charge in [-0.3, -0.25) is 4.68 Å². The molecule has 4 heteroatoms. The van der Waals surface area contributed by atoms with Gasteiger partial charge >= 0.3 is 0 Å². The van der Waals surface area contributed by atoms with Gasteiger partial charge in [0.25, 0.3) is 0 Å². The number of nitrogens with zero attached hydrogens (tertiary/aromatic N) is 3. The minimum absolute atomic E-state index is 0.389. The molecule has 1 aromatic rings. The van der Waals surface area contributed by atoms with E-state index in [2.05, 4.69) is 36.2 Å². The lowest BCUT2D eigenvalue weighted by atomic mass is 10.0. The molecule has 0 aromatic carbocycles. The zero-order valence-electron chi connectivity index (χ0n) is 11.4. The normalized spacial score (nSPS) is 23.9. The number of rotatable bonds is 3. The van der Waals surface area contributed by atoms with Crippen molar-refractivity contribution in [3.8, 4) is 0 Å². The molecule has 2 heterocycles. The van der Waals surface area contributed by atoms with Crippen LogP contribution >= 0.6 is 0 Å². The number of likely N-dealkylation sites (tertiary alicyclic amines) is 1. The SMILES string of the molecule is Cc1c(C(C)NC2CCCN(C)C2)cnn1C. The van der Waals surface area contributed by atoms with Gasteiger partial charge in [-0.05, 0) is 40.3 Å². The molecular formula is C13H24N4. The van der Waals surface area contributed by atoms with E-state index in [-0.39, 0.29) is 0 Å². The summed E-state index contributed by atoms with van der Waals surface area (Å²) >= 11 is 0. The highest BCUT2D eigenvalue weighted by Gasteiger charge is 2.20. The monoisotopic (exact) mass is 236 g/mol. The molecule has 0 aliphatic carbocycles. The molecule has 1 saturated heterocycles. The minimum Gasteiger partial charge on any atom is -0.306 e. The first-order valence-electron chi connectivity index (χ1n) is 6.51. The van der Waals surface area contributed by atoms with Crippen LogP contribution in [0.25, 0.3) is 0 Å². The van der Waals surface area contributed by atoms with Crippen molar-refractivity contribution in [1.29, 1.82) is 0 Å². The zero-order valence-corrected chi connectivity index (χ0v) is 11.4. The van der Waals surface area contributed by atoms with Crippen LogP contribution in [0.1, 0.15) is 37.1 Å². The van der Waals surface area contributed by atoms with Crippen molar-refractivity contribution in [2.24, 2.45) is 7.05 Å². The molecule has 0 spiro atoms. The average Bonchev–Trinajstić information content (AvgIpc) is 2.60. The molecule has 0 radical (unpaired) electrons. The number of aromatic nitrogens is 2. The van der Waals surface area contributed by atoms with Gasteiger partial charge in [-0.2, -0.15) is 5.10 Å². The Balaban J connectivity index is 1.96. The number of hydrogen-bond donors (Lipinski definition) is 1. The summed E-state index contributed by atoms with van der Waals surface area (Å²) in [5.41, 5.74) is 2.58. The maximum atomic E-state index is 4.31. The Labute approximate surface area is 104 Å². The lowest BCUT2D eigenvalue weighted by Crippen LogP contribution is -2.44. The average molecular weight is 236 g/mol. The van der Waals surface area contributed by atoms with Crippen molar-refractivity contribution in [1.82, 2.24) is 20.0 Å². The predicted molar refractivity (Wildman–Crippen MR) is 70.0 cm³/mol. The first-order chi connectivity index (χ1) is 8.08. The summed E-state index contributed by atoms with van der Waals surface area (Å²) in [4.78, 5) is 2.41. The van der Waals surface area contributed by atoms with Crippen molar-refractivity contribution in [2.45, 2.75) is 38.8 Å². The van der Waals surface area contributed by atoms with Crippen molar-refractivity contribution >= 4 is 0 Å². The van der Waals surface area contributed by atoms with Crippen LogP contribution in [0, 0.1) is 6.92 Å². The van der Waals surface area contributed by atoms with Crippen LogP contribution in [-0.2, 0) is 7.05 Å². The Bertz CT molecular complexity index is 371. The van der Waals surface area contributed by atoms with E-state index in [1.54, 1.807) is 0 Å². The van der Waals surface area contributed by atoms with E-state index < -0.39 is 0 Å². The lowest BCUT2D eigenvalue weighted by molar-refractivity contribution is 0.218. The molecule has 2 rings (SSSR count). The second-order valence-corrected chi connectivity index (χ2v) is 5.30. The molecule has 2 unspecified atom stereocenters. The summed E-state index contributed by atoms with van der Waals surface area (Å²) in [5, 5.41) is 8.04. The predicted octanol–water partition coefficient (Wildman–Crippen LogP) is 1.47. The van der Waals surface area contributed by atoms with Crippen molar-refractivity contribution < 1.29 is 0 Å². The molecule has 0 saturated carbocycles. The van der Waals surface area contributed by atoms with E-state index >= 15 is 0 Å². The van der Waals surface area contributed by atoms with Gasteiger partial charge < -0.3 is 10.2 Å². The fourth-order valence-corrected chi connectivity index (χ4v) is 2.69. The molecule has 1 N–H and O–H groups in total. The molecule has 1 aliphatic heterocycles. The van der Waals surface area contributed by atoms with Gasteiger partial charge in [-0.1, -0.05) is 0 Å². The third kappa shape index (κ3) is 2.87. The third-order valence-corrected chi connectivity index (χ3v) is 3.85. The number of piperidine rings is 1. The van der Waals surface area contributed by atoms with Gasteiger partial charge in [0.1, 0.15) is 0 Å². The van der Waals surface area contributed by atoms with Crippen LogP contribution in [0.2, 0.25) is 0 Å². The van der Waals surface area contributed by atoms with Crippen LogP contribution < -0.4 is 5.32 Å². The zero-order chi connectivity index (χ0) is 12.4. The van der Waals surface area contributed by atoms with Gasteiger partial charge in [0.2, 0.25) is 0 Å². The summed E-state index contributed by atoms with van der Waals surface area (Å²) in [6.07, 6.45) is 4.57. The van der Waals surface area contributed by atoms with E-state index in [0.717, 1.165) is 6.54 Å². The molecule has 0 bridgehead atoms. The molecule has 1 aromatic heterocycles. The second-order valence-electron chi connectivity index (χ2n) is 5.30. The first kappa shape index (κ1) is 12.6. The Morgan fingerprint density at radius 3 is 2.82 bits per heavy atom. The second kappa shape index (κ2) is 5.19. The number of nitrogens with one attached hydrogen (secondary N) is 1. The van der Waals surface area contributed by atoms with Gasteiger partial charge in [0.15, 0.2) is 0 Å². The van der Waals surface area contributed by atoms with Crippen LogP contribution in [-0.4, -0.2) is 40.9 Å². The van der Waals surface area contributed by atoms with E-state index in [4.69, 9.17) is 0 Å². The highest BCUT2D eigenvalue weighted by molar-refractivity contribution is 5.19. The molecule has 1 fully saturated rings. The van der Waals surface area contributed by atoms with Crippen LogP contribution in [0.3, 0.4) is 0 Å². The smallest absolute Gasteiger partial charge is 0.0540 e. The van der Waals surface area contributed by atoms with Crippen LogP contribution in [0.5, 0.6) is 0 Å². The summed E-state index contributed by atoms with van der Waals surface area (Å²) in [5.74, 6) is 0. The van der Waals surface area contributed by atoms with Crippen molar-refractivity contribution in [3.05, 3.63) is 17.5 Å². The summed E-state index contributed by atoms with van der Waals surface area (Å²) < 4.78 is 1.94. The van der Waals surface area contributed by atoms with Gasteiger partial charge in [0, 0.05) is 36.9 Å². The molecular weight excluding hydrogens is 212 g/mol. The van der Waals surface area contributed by atoms with E-state index in [0.29, 0.717) is 12.1 Å².